The minimum atomic E-state index is -0.0840. The van der Waals surface area contributed by atoms with Gasteiger partial charge in [0.15, 0.2) is 0 Å². The second kappa shape index (κ2) is 8.62. The van der Waals surface area contributed by atoms with Crippen LogP contribution in [0.3, 0.4) is 0 Å². The molecule has 3 rings (SSSR count). The van der Waals surface area contributed by atoms with E-state index in [0.29, 0.717) is 24.7 Å². The summed E-state index contributed by atoms with van der Waals surface area (Å²) >= 11 is 3.39. The van der Waals surface area contributed by atoms with Crippen LogP contribution in [0.2, 0.25) is 0 Å². The maximum atomic E-state index is 12.1. The maximum absolute atomic E-state index is 12.1. The van der Waals surface area contributed by atoms with Gasteiger partial charge < -0.3 is 14.6 Å². The van der Waals surface area contributed by atoms with E-state index >= 15 is 0 Å². The molecule has 1 heterocycles. The zero-order valence-electron chi connectivity index (χ0n) is 14.2. The highest BCUT2D eigenvalue weighted by Crippen LogP contribution is 2.19. The summed E-state index contributed by atoms with van der Waals surface area (Å²) in [5.74, 6) is 1.63. The first-order chi connectivity index (χ1) is 12.7. The Labute approximate surface area is 159 Å². The largest absolute Gasteiger partial charge is 0.496 e. The first-order valence-electron chi connectivity index (χ1n) is 8.13. The fourth-order valence-electron chi connectivity index (χ4n) is 2.42. The molecule has 1 aromatic heterocycles. The number of para-hydroxylation sites is 1. The molecule has 0 aliphatic rings. The van der Waals surface area contributed by atoms with Crippen molar-refractivity contribution in [1.29, 1.82) is 0 Å². The fraction of sp³-hybridized carbons (Fsp3) is 0.211. The Kier molecular flexibility index (Phi) is 6.01. The van der Waals surface area contributed by atoms with E-state index in [4.69, 9.17) is 9.26 Å². The highest BCUT2D eigenvalue weighted by atomic mass is 79.9. The van der Waals surface area contributed by atoms with Gasteiger partial charge in [-0.3, -0.25) is 4.79 Å². The van der Waals surface area contributed by atoms with Crippen LogP contribution in [-0.2, 0) is 17.8 Å². The number of ether oxygens (including phenoxy) is 1. The molecule has 134 valence electrons. The molecular formula is C19H18BrN3O3. The van der Waals surface area contributed by atoms with E-state index in [9.17, 15) is 4.79 Å². The van der Waals surface area contributed by atoms with Crippen LogP contribution in [0.4, 0.5) is 0 Å². The van der Waals surface area contributed by atoms with Gasteiger partial charge in [0.2, 0.25) is 17.6 Å². The lowest BCUT2D eigenvalue weighted by Crippen LogP contribution is -2.23. The molecule has 0 aliphatic heterocycles. The standard InChI is InChI=1S/C19H18BrN3O3/c1-25-16-5-3-2-4-14(16)12-21-17(24)10-11-18-22-19(23-26-18)13-6-8-15(20)9-7-13/h2-9H,10-12H2,1H3,(H,21,24). The fourth-order valence-corrected chi connectivity index (χ4v) is 2.69. The number of rotatable bonds is 7. The van der Waals surface area contributed by atoms with Crippen molar-refractivity contribution in [1.82, 2.24) is 15.5 Å². The summed E-state index contributed by atoms with van der Waals surface area (Å²) in [6.07, 6.45) is 0.665. The van der Waals surface area contributed by atoms with Gasteiger partial charge in [-0.1, -0.05) is 39.3 Å². The SMILES string of the molecule is COc1ccccc1CNC(=O)CCc1nc(-c2ccc(Br)cc2)no1. The summed E-state index contributed by atoms with van der Waals surface area (Å²) in [5, 5.41) is 6.84. The van der Waals surface area contributed by atoms with Gasteiger partial charge in [-0.05, 0) is 30.3 Å². The molecule has 6 nitrogen and oxygen atoms in total. The van der Waals surface area contributed by atoms with Gasteiger partial charge >= 0.3 is 0 Å². The van der Waals surface area contributed by atoms with Crippen LogP contribution in [0.5, 0.6) is 5.75 Å². The molecule has 0 fully saturated rings. The molecule has 3 aromatic rings. The van der Waals surface area contributed by atoms with Crippen molar-refractivity contribution in [2.24, 2.45) is 0 Å². The molecule has 0 atom stereocenters. The number of nitrogens with zero attached hydrogens (tertiary/aromatic N) is 2. The molecule has 0 saturated heterocycles. The molecule has 0 bridgehead atoms. The Hall–Kier alpha value is -2.67. The summed E-state index contributed by atoms with van der Waals surface area (Å²) in [6, 6.07) is 15.2. The number of carbonyl (C=O) groups excluding carboxylic acids is 1. The Bertz CT molecular complexity index is 878. The number of hydrogen-bond acceptors (Lipinski definition) is 5. The highest BCUT2D eigenvalue weighted by Gasteiger charge is 2.11. The lowest BCUT2D eigenvalue weighted by molar-refractivity contribution is -0.121. The monoisotopic (exact) mass is 415 g/mol. The van der Waals surface area contributed by atoms with Crippen molar-refractivity contribution in [3.8, 4) is 17.1 Å². The molecule has 2 aromatic carbocycles. The van der Waals surface area contributed by atoms with E-state index in [-0.39, 0.29) is 12.3 Å². The molecule has 7 heteroatoms. The van der Waals surface area contributed by atoms with Crippen LogP contribution in [0.25, 0.3) is 11.4 Å². The third-order valence-corrected chi connectivity index (χ3v) is 4.33. The zero-order valence-corrected chi connectivity index (χ0v) is 15.8. The van der Waals surface area contributed by atoms with Crippen LogP contribution in [0, 0.1) is 0 Å². The summed E-state index contributed by atoms with van der Waals surface area (Å²) in [6.45, 7) is 0.414. The van der Waals surface area contributed by atoms with Crippen LogP contribution in [-0.4, -0.2) is 23.2 Å². The zero-order chi connectivity index (χ0) is 18.4. The van der Waals surface area contributed by atoms with Crippen molar-refractivity contribution in [2.75, 3.05) is 7.11 Å². The van der Waals surface area contributed by atoms with Crippen molar-refractivity contribution < 1.29 is 14.1 Å². The third-order valence-electron chi connectivity index (χ3n) is 3.80. The molecular weight excluding hydrogens is 398 g/mol. The molecule has 0 aliphatic carbocycles. The second-order valence-electron chi connectivity index (χ2n) is 5.61. The molecule has 1 N–H and O–H groups in total. The van der Waals surface area contributed by atoms with Crippen LogP contribution < -0.4 is 10.1 Å². The Balaban J connectivity index is 1.51. The van der Waals surface area contributed by atoms with Gasteiger partial charge in [-0.2, -0.15) is 4.98 Å². The van der Waals surface area contributed by atoms with E-state index in [1.807, 2.05) is 48.5 Å². The van der Waals surface area contributed by atoms with Gasteiger partial charge in [0.05, 0.1) is 7.11 Å². The van der Waals surface area contributed by atoms with Crippen LogP contribution in [0.1, 0.15) is 17.9 Å². The number of halogens is 1. The van der Waals surface area contributed by atoms with Crippen molar-refractivity contribution in [3.05, 3.63) is 64.5 Å². The number of methoxy groups -OCH3 is 1. The minimum Gasteiger partial charge on any atom is -0.496 e. The first-order valence-corrected chi connectivity index (χ1v) is 8.92. The topological polar surface area (TPSA) is 77.2 Å². The lowest BCUT2D eigenvalue weighted by Gasteiger charge is -2.09. The number of hydrogen-bond donors (Lipinski definition) is 1. The molecule has 0 spiro atoms. The van der Waals surface area contributed by atoms with Gasteiger partial charge in [-0.15, -0.1) is 0 Å². The molecule has 0 radical (unpaired) electrons. The average molecular weight is 416 g/mol. The van der Waals surface area contributed by atoms with Gasteiger partial charge in [0.25, 0.3) is 0 Å². The first kappa shape index (κ1) is 18.1. The predicted molar refractivity (Wildman–Crippen MR) is 101 cm³/mol. The quantitative estimate of drug-likeness (QED) is 0.635. The summed E-state index contributed by atoms with van der Waals surface area (Å²) in [5.41, 5.74) is 1.79. The van der Waals surface area contributed by atoms with E-state index in [2.05, 4.69) is 31.4 Å². The normalized spacial score (nSPS) is 10.5. The highest BCUT2D eigenvalue weighted by molar-refractivity contribution is 9.10. The maximum Gasteiger partial charge on any atom is 0.227 e. The number of amides is 1. The van der Waals surface area contributed by atoms with E-state index < -0.39 is 0 Å². The third kappa shape index (κ3) is 4.70. The second-order valence-corrected chi connectivity index (χ2v) is 6.52. The van der Waals surface area contributed by atoms with E-state index in [1.54, 1.807) is 7.11 Å². The predicted octanol–water partition coefficient (Wildman–Crippen LogP) is 3.76. The van der Waals surface area contributed by atoms with E-state index in [1.165, 1.54) is 0 Å². The summed E-state index contributed by atoms with van der Waals surface area (Å²) < 4.78 is 11.5. The number of nitrogens with one attached hydrogen (secondary N) is 1. The minimum absolute atomic E-state index is 0.0840. The lowest BCUT2D eigenvalue weighted by atomic mass is 10.2. The van der Waals surface area contributed by atoms with Crippen molar-refractivity contribution in [3.63, 3.8) is 0 Å². The number of benzene rings is 2. The van der Waals surface area contributed by atoms with Crippen molar-refractivity contribution in [2.45, 2.75) is 19.4 Å². The van der Waals surface area contributed by atoms with Crippen LogP contribution >= 0.6 is 15.9 Å². The summed E-state index contributed by atoms with van der Waals surface area (Å²) in [7, 11) is 1.61. The molecule has 1 amide bonds. The average Bonchev–Trinajstić information content (AvgIpc) is 3.14. The molecule has 0 unspecified atom stereocenters. The molecule has 0 saturated carbocycles. The Morgan fingerprint density at radius 1 is 1.19 bits per heavy atom. The van der Waals surface area contributed by atoms with Gasteiger partial charge in [-0.25, -0.2) is 0 Å². The van der Waals surface area contributed by atoms with Crippen molar-refractivity contribution >= 4 is 21.8 Å². The number of aryl methyl sites for hydroxylation is 1. The summed E-state index contributed by atoms with van der Waals surface area (Å²) in [4.78, 5) is 16.4. The smallest absolute Gasteiger partial charge is 0.227 e. The van der Waals surface area contributed by atoms with Gasteiger partial charge in [0, 0.05) is 35.0 Å². The Morgan fingerprint density at radius 2 is 1.96 bits per heavy atom. The number of carbonyl (C=O) groups is 1. The van der Waals surface area contributed by atoms with E-state index in [0.717, 1.165) is 21.3 Å². The molecule has 26 heavy (non-hydrogen) atoms. The van der Waals surface area contributed by atoms with Crippen LogP contribution in [0.15, 0.2) is 57.5 Å². The Morgan fingerprint density at radius 3 is 2.73 bits per heavy atom. The van der Waals surface area contributed by atoms with Gasteiger partial charge in [0.1, 0.15) is 5.75 Å². The number of aromatic nitrogens is 2.